The second kappa shape index (κ2) is 7.57. The fourth-order valence-electron chi connectivity index (χ4n) is 2.24. The van der Waals surface area contributed by atoms with Crippen molar-refractivity contribution in [3.8, 4) is 11.1 Å². The summed E-state index contributed by atoms with van der Waals surface area (Å²) in [5.74, 6) is -0.494. The summed E-state index contributed by atoms with van der Waals surface area (Å²) >= 11 is 1.34. The molecule has 1 heterocycles. The van der Waals surface area contributed by atoms with E-state index in [1.54, 1.807) is 12.1 Å². The first-order valence-electron chi connectivity index (χ1n) is 7.49. The Morgan fingerprint density at radius 1 is 0.833 bits per heavy atom. The van der Waals surface area contributed by atoms with Gasteiger partial charge in [-0.2, -0.15) is 0 Å². The minimum atomic E-state index is -0.257. The first kappa shape index (κ1) is 16.0. The van der Waals surface area contributed by atoms with Crippen LogP contribution >= 0.6 is 11.3 Å². The average molecular weight is 336 g/mol. The predicted octanol–water partition coefficient (Wildman–Crippen LogP) is 3.78. The van der Waals surface area contributed by atoms with Crippen LogP contribution in [0.2, 0.25) is 0 Å². The van der Waals surface area contributed by atoms with E-state index >= 15 is 0 Å². The quantitative estimate of drug-likeness (QED) is 0.745. The number of hydrogen-bond donors (Lipinski definition) is 2. The standard InChI is InChI=1S/C19H16N2O2S/c22-18(13-20-19(23)17-7-4-12-24-17)21-16-10-8-15(9-11-16)14-5-2-1-3-6-14/h1-12H,13H2,(H,20,23)(H,21,22). The number of rotatable bonds is 5. The molecule has 5 heteroatoms. The summed E-state index contributed by atoms with van der Waals surface area (Å²) in [6.07, 6.45) is 0. The molecule has 120 valence electrons. The van der Waals surface area contributed by atoms with E-state index in [-0.39, 0.29) is 18.4 Å². The lowest BCUT2D eigenvalue weighted by Crippen LogP contribution is -2.32. The van der Waals surface area contributed by atoms with Crippen molar-refractivity contribution >= 4 is 28.8 Å². The fraction of sp³-hybridized carbons (Fsp3) is 0.0526. The predicted molar refractivity (Wildman–Crippen MR) is 97.2 cm³/mol. The van der Waals surface area contributed by atoms with Gasteiger partial charge in [-0.3, -0.25) is 9.59 Å². The van der Waals surface area contributed by atoms with Gasteiger partial charge in [0.1, 0.15) is 0 Å². The maximum absolute atomic E-state index is 11.9. The number of carbonyl (C=O) groups is 2. The lowest BCUT2D eigenvalue weighted by atomic mass is 10.1. The third-order valence-electron chi connectivity index (χ3n) is 3.43. The number of hydrogen-bond acceptors (Lipinski definition) is 3. The summed E-state index contributed by atoms with van der Waals surface area (Å²) in [6.45, 7) is -0.0584. The first-order valence-corrected chi connectivity index (χ1v) is 8.37. The van der Waals surface area contributed by atoms with Crippen LogP contribution in [-0.2, 0) is 4.79 Å². The summed E-state index contributed by atoms with van der Waals surface area (Å²) < 4.78 is 0. The smallest absolute Gasteiger partial charge is 0.261 e. The topological polar surface area (TPSA) is 58.2 Å². The molecule has 0 atom stereocenters. The molecule has 24 heavy (non-hydrogen) atoms. The first-order chi connectivity index (χ1) is 11.7. The van der Waals surface area contributed by atoms with Crippen LogP contribution in [0.4, 0.5) is 5.69 Å². The minimum Gasteiger partial charge on any atom is -0.342 e. The van der Waals surface area contributed by atoms with E-state index in [2.05, 4.69) is 10.6 Å². The highest BCUT2D eigenvalue weighted by atomic mass is 32.1. The van der Waals surface area contributed by atoms with E-state index in [9.17, 15) is 9.59 Å². The molecule has 0 aliphatic rings. The van der Waals surface area contributed by atoms with Crippen LogP contribution in [0.1, 0.15) is 9.67 Å². The Morgan fingerprint density at radius 3 is 2.21 bits per heavy atom. The van der Waals surface area contributed by atoms with E-state index in [4.69, 9.17) is 0 Å². The number of carbonyl (C=O) groups excluding carboxylic acids is 2. The maximum atomic E-state index is 11.9. The lowest BCUT2D eigenvalue weighted by Gasteiger charge is -2.07. The largest absolute Gasteiger partial charge is 0.342 e. The average Bonchev–Trinajstić information content (AvgIpc) is 3.16. The van der Waals surface area contributed by atoms with Gasteiger partial charge in [-0.25, -0.2) is 0 Å². The molecule has 3 aromatic rings. The summed E-state index contributed by atoms with van der Waals surface area (Å²) in [6, 6.07) is 21.1. The van der Waals surface area contributed by atoms with Crippen LogP contribution < -0.4 is 10.6 Å². The van der Waals surface area contributed by atoms with Gasteiger partial charge in [-0.05, 0) is 34.7 Å². The molecule has 2 amide bonds. The third-order valence-corrected chi connectivity index (χ3v) is 4.30. The van der Waals surface area contributed by atoms with E-state index in [1.807, 2.05) is 60.0 Å². The van der Waals surface area contributed by atoms with Gasteiger partial charge in [0.2, 0.25) is 5.91 Å². The van der Waals surface area contributed by atoms with E-state index < -0.39 is 0 Å². The van der Waals surface area contributed by atoms with Crippen molar-refractivity contribution in [2.45, 2.75) is 0 Å². The Hall–Kier alpha value is -2.92. The Bertz CT molecular complexity index is 812. The SMILES string of the molecule is O=C(CNC(=O)c1cccs1)Nc1ccc(-c2ccccc2)cc1. The van der Waals surface area contributed by atoms with Crippen molar-refractivity contribution in [3.63, 3.8) is 0 Å². The molecule has 0 unspecified atom stereocenters. The van der Waals surface area contributed by atoms with Gasteiger partial charge < -0.3 is 10.6 Å². The van der Waals surface area contributed by atoms with Crippen molar-refractivity contribution in [3.05, 3.63) is 77.0 Å². The summed E-state index contributed by atoms with van der Waals surface area (Å²) in [4.78, 5) is 24.3. The fourth-order valence-corrected chi connectivity index (χ4v) is 2.88. The highest BCUT2D eigenvalue weighted by molar-refractivity contribution is 7.12. The third kappa shape index (κ3) is 4.08. The molecule has 4 nitrogen and oxygen atoms in total. The molecular formula is C19H16N2O2S. The van der Waals surface area contributed by atoms with Gasteiger partial charge in [-0.15, -0.1) is 11.3 Å². The Kier molecular flexibility index (Phi) is 5.03. The number of anilines is 1. The molecule has 3 rings (SSSR count). The van der Waals surface area contributed by atoms with Crippen molar-refractivity contribution in [2.75, 3.05) is 11.9 Å². The van der Waals surface area contributed by atoms with Crippen molar-refractivity contribution in [2.24, 2.45) is 0 Å². The molecule has 0 bridgehead atoms. The van der Waals surface area contributed by atoms with Gasteiger partial charge in [0.25, 0.3) is 5.91 Å². The van der Waals surface area contributed by atoms with Crippen molar-refractivity contribution in [1.29, 1.82) is 0 Å². The summed E-state index contributed by atoms with van der Waals surface area (Å²) in [7, 11) is 0. The zero-order chi connectivity index (χ0) is 16.8. The van der Waals surface area contributed by atoms with E-state index in [0.717, 1.165) is 11.1 Å². The zero-order valence-electron chi connectivity index (χ0n) is 12.9. The van der Waals surface area contributed by atoms with Crippen LogP contribution in [0.5, 0.6) is 0 Å². The van der Waals surface area contributed by atoms with Gasteiger partial charge in [-0.1, -0.05) is 48.5 Å². The monoisotopic (exact) mass is 336 g/mol. The van der Waals surface area contributed by atoms with Gasteiger partial charge in [0, 0.05) is 5.69 Å². The van der Waals surface area contributed by atoms with Crippen LogP contribution in [0.15, 0.2) is 72.1 Å². The highest BCUT2D eigenvalue weighted by Gasteiger charge is 2.09. The Balaban J connectivity index is 1.54. The molecule has 0 aliphatic heterocycles. The Labute approximate surface area is 144 Å². The van der Waals surface area contributed by atoms with Crippen LogP contribution in [0.3, 0.4) is 0 Å². The molecule has 0 spiro atoms. The second-order valence-electron chi connectivity index (χ2n) is 5.15. The zero-order valence-corrected chi connectivity index (χ0v) is 13.7. The van der Waals surface area contributed by atoms with Gasteiger partial charge in [0.05, 0.1) is 11.4 Å². The molecular weight excluding hydrogens is 320 g/mol. The lowest BCUT2D eigenvalue weighted by molar-refractivity contribution is -0.115. The highest BCUT2D eigenvalue weighted by Crippen LogP contribution is 2.20. The molecule has 0 saturated carbocycles. The Morgan fingerprint density at radius 2 is 1.54 bits per heavy atom. The van der Waals surface area contributed by atoms with E-state index in [0.29, 0.717) is 10.6 Å². The van der Waals surface area contributed by atoms with Crippen LogP contribution in [0, 0.1) is 0 Å². The number of nitrogens with one attached hydrogen (secondary N) is 2. The van der Waals surface area contributed by atoms with E-state index in [1.165, 1.54) is 11.3 Å². The molecule has 1 aromatic heterocycles. The molecule has 0 aliphatic carbocycles. The molecule has 0 fully saturated rings. The van der Waals surface area contributed by atoms with Crippen molar-refractivity contribution in [1.82, 2.24) is 5.32 Å². The second-order valence-corrected chi connectivity index (χ2v) is 6.10. The summed E-state index contributed by atoms with van der Waals surface area (Å²) in [5, 5.41) is 7.20. The molecule has 2 aromatic carbocycles. The van der Waals surface area contributed by atoms with Crippen LogP contribution in [-0.4, -0.2) is 18.4 Å². The molecule has 0 saturated heterocycles. The number of amides is 2. The minimum absolute atomic E-state index is 0.0584. The molecule has 0 radical (unpaired) electrons. The maximum Gasteiger partial charge on any atom is 0.261 e. The van der Waals surface area contributed by atoms with Gasteiger partial charge >= 0.3 is 0 Å². The summed E-state index contributed by atoms with van der Waals surface area (Å²) in [5.41, 5.74) is 2.91. The normalized spacial score (nSPS) is 10.2. The number of benzene rings is 2. The number of thiophene rings is 1. The molecule has 2 N–H and O–H groups in total. The van der Waals surface area contributed by atoms with Gasteiger partial charge in [0.15, 0.2) is 0 Å². The van der Waals surface area contributed by atoms with Crippen LogP contribution in [0.25, 0.3) is 11.1 Å². The van der Waals surface area contributed by atoms with Crippen molar-refractivity contribution < 1.29 is 9.59 Å².